The van der Waals surface area contributed by atoms with Crippen molar-refractivity contribution in [2.24, 2.45) is 0 Å². The van der Waals surface area contributed by atoms with E-state index in [-0.39, 0.29) is 11.1 Å². The Morgan fingerprint density at radius 2 is 1.00 bits per heavy atom. The summed E-state index contributed by atoms with van der Waals surface area (Å²) in [6, 6.07) is 19.6. The molecule has 0 spiro atoms. The Hall–Kier alpha value is -3.50. The molecule has 0 saturated carbocycles. The zero-order chi connectivity index (χ0) is 23.1. The van der Waals surface area contributed by atoms with E-state index in [1.54, 1.807) is 74.5 Å². The third kappa shape index (κ3) is 6.25. The summed E-state index contributed by atoms with van der Waals surface area (Å²) < 4.78 is 39.1. The molecule has 0 heterocycles. The lowest BCUT2D eigenvalue weighted by atomic mass is 9.99. The number of hydrogen-bond donors (Lipinski definition) is 2. The number of amides is 2. The van der Waals surface area contributed by atoms with Crippen LogP contribution in [0.15, 0.2) is 72.8 Å². The Labute approximate surface area is 190 Å². The first-order valence-corrected chi connectivity index (χ1v) is 11.5. The van der Waals surface area contributed by atoms with Crippen LogP contribution in [0.5, 0.6) is 11.5 Å². The van der Waals surface area contributed by atoms with Crippen molar-refractivity contribution in [3.8, 4) is 11.5 Å². The molecule has 3 aromatic carbocycles. The summed E-state index contributed by atoms with van der Waals surface area (Å²) in [5.41, 5.74) is 1.38. The number of hydrogen-bond acceptors (Lipinski definition) is 6. The van der Waals surface area contributed by atoms with Crippen molar-refractivity contribution in [1.29, 1.82) is 0 Å². The van der Waals surface area contributed by atoms with Crippen LogP contribution < -0.4 is 17.8 Å². The highest BCUT2D eigenvalue weighted by Crippen LogP contribution is 2.18. The quantitative estimate of drug-likeness (QED) is 0.521. The molecule has 2 unspecified atom stereocenters. The Morgan fingerprint density at radius 1 is 0.656 bits per heavy atom. The van der Waals surface area contributed by atoms with Crippen LogP contribution in [0, 0.1) is 13.8 Å². The smallest absolute Gasteiger partial charge is 0.318 e. The van der Waals surface area contributed by atoms with Gasteiger partial charge in [0.15, 0.2) is 0 Å². The molecule has 0 fully saturated rings. The normalized spacial score (nSPS) is 12.3. The third-order valence-electron chi connectivity index (χ3n) is 4.31. The van der Waals surface area contributed by atoms with Gasteiger partial charge in [-0.1, -0.05) is 36.4 Å². The number of para-hydroxylation sites is 2. The highest BCUT2D eigenvalue weighted by molar-refractivity contribution is 7.79. The van der Waals surface area contributed by atoms with Gasteiger partial charge in [-0.15, -0.1) is 0 Å². The molecule has 166 valence electrons. The van der Waals surface area contributed by atoms with Crippen molar-refractivity contribution in [3.63, 3.8) is 0 Å². The Kier molecular flexibility index (Phi) is 7.74. The van der Waals surface area contributed by atoms with E-state index in [1.807, 2.05) is 0 Å². The summed E-state index contributed by atoms with van der Waals surface area (Å²) in [4.78, 5) is 25.5. The van der Waals surface area contributed by atoms with E-state index in [0.717, 1.165) is 11.1 Å². The summed E-state index contributed by atoms with van der Waals surface area (Å²) >= 11 is -4.38. The first-order chi connectivity index (χ1) is 15.3. The van der Waals surface area contributed by atoms with Crippen LogP contribution in [-0.2, 0) is 22.5 Å². The second kappa shape index (κ2) is 10.7. The zero-order valence-electron chi connectivity index (χ0n) is 17.2. The van der Waals surface area contributed by atoms with Crippen LogP contribution in [-0.4, -0.2) is 20.2 Å². The first kappa shape index (κ1) is 23.2. The molecular weight excluding hydrogens is 452 g/mol. The molecule has 2 amide bonds. The Bertz CT molecular complexity index is 1080. The van der Waals surface area contributed by atoms with Crippen LogP contribution in [0.3, 0.4) is 0 Å². The van der Waals surface area contributed by atoms with Gasteiger partial charge in [0.2, 0.25) is 0 Å². The number of nitrogens with one attached hydrogen (secondary N) is 2. The molecule has 0 radical (unpaired) electrons. The van der Waals surface area contributed by atoms with Gasteiger partial charge < -0.3 is 8.37 Å². The van der Waals surface area contributed by atoms with E-state index < -0.39 is 34.3 Å². The second-order valence-corrected chi connectivity index (χ2v) is 8.29. The van der Waals surface area contributed by atoms with E-state index in [2.05, 4.69) is 9.44 Å². The lowest BCUT2D eigenvalue weighted by Gasteiger charge is -2.13. The number of benzene rings is 3. The minimum atomic E-state index is -2.19. The largest absolute Gasteiger partial charge is 0.385 e. The summed E-state index contributed by atoms with van der Waals surface area (Å²) in [6.45, 7) is 3.53. The van der Waals surface area contributed by atoms with E-state index >= 15 is 0 Å². The number of carbonyl (C=O) groups excluding carboxylic acids is 2. The lowest BCUT2D eigenvalue weighted by Crippen LogP contribution is -2.33. The summed E-state index contributed by atoms with van der Waals surface area (Å²) in [5, 5.41) is 0. The van der Waals surface area contributed by atoms with Crippen LogP contribution in [0.4, 0.5) is 0 Å². The molecule has 3 rings (SSSR count). The minimum absolute atomic E-state index is 0.0488. The fraction of sp³-hybridized carbons (Fsp3) is 0.0909. The Morgan fingerprint density at radius 3 is 1.34 bits per heavy atom. The third-order valence-corrected chi connectivity index (χ3v) is 5.70. The van der Waals surface area contributed by atoms with Crippen LogP contribution >= 0.6 is 0 Å². The molecule has 0 aliphatic rings. The van der Waals surface area contributed by atoms with E-state index in [0.29, 0.717) is 11.5 Å². The van der Waals surface area contributed by atoms with E-state index in [4.69, 9.17) is 8.37 Å². The molecule has 2 atom stereocenters. The average molecular weight is 473 g/mol. The fourth-order valence-electron chi connectivity index (χ4n) is 2.62. The monoisotopic (exact) mass is 472 g/mol. The molecule has 0 bridgehead atoms. The maximum absolute atomic E-state index is 12.7. The molecule has 3 aromatic rings. The molecule has 10 heteroatoms. The van der Waals surface area contributed by atoms with Gasteiger partial charge >= 0.3 is 22.5 Å². The van der Waals surface area contributed by atoms with Crippen molar-refractivity contribution in [2.75, 3.05) is 0 Å². The van der Waals surface area contributed by atoms with Gasteiger partial charge in [-0.05, 0) is 61.4 Å². The Balaban J connectivity index is 1.75. The van der Waals surface area contributed by atoms with Crippen molar-refractivity contribution >= 4 is 34.3 Å². The topological polar surface area (TPSA) is 111 Å². The number of rotatable bonds is 8. The fourth-order valence-corrected chi connectivity index (χ4v) is 3.80. The van der Waals surface area contributed by atoms with E-state index in [9.17, 15) is 18.0 Å². The predicted molar refractivity (Wildman–Crippen MR) is 121 cm³/mol. The van der Waals surface area contributed by atoms with Gasteiger partial charge in [0.1, 0.15) is 11.5 Å². The summed E-state index contributed by atoms with van der Waals surface area (Å²) in [7, 11) is 0. The van der Waals surface area contributed by atoms with Gasteiger partial charge in [-0.2, -0.15) is 8.42 Å². The van der Waals surface area contributed by atoms with Crippen molar-refractivity contribution in [1.82, 2.24) is 9.44 Å². The van der Waals surface area contributed by atoms with Crippen LogP contribution in [0.2, 0.25) is 0 Å². The number of carbonyl (C=O) groups is 2. The lowest BCUT2D eigenvalue weighted by molar-refractivity contribution is 0.0947. The zero-order valence-corrected chi connectivity index (χ0v) is 18.8. The van der Waals surface area contributed by atoms with E-state index in [1.165, 1.54) is 12.1 Å². The maximum atomic E-state index is 12.7. The number of aryl methyl sites for hydroxylation is 2. The molecule has 8 nitrogen and oxygen atoms in total. The van der Waals surface area contributed by atoms with Gasteiger partial charge in [-0.3, -0.25) is 9.59 Å². The van der Waals surface area contributed by atoms with Gasteiger partial charge in [0.25, 0.3) is 11.8 Å². The first-order valence-electron chi connectivity index (χ1n) is 9.37. The predicted octanol–water partition coefficient (Wildman–Crippen LogP) is 3.08. The standard InChI is InChI=1S/C22H20N2O6S2/c1-15-13-19(21(25)23-31(27)29-17-9-5-3-6-10-17)20(14-16(15)2)22(26)24-32(28)30-18-11-7-4-8-12-18/h3-14H,1-2H3,(H,23,25)(H,24,26). The molecule has 0 saturated heterocycles. The summed E-state index contributed by atoms with van der Waals surface area (Å²) in [6.07, 6.45) is 0. The maximum Gasteiger partial charge on any atom is 0.318 e. The molecule has 0 aliphatic carbocycles. The SMILES string of the molecule is Cc1cc(C(=O)NS(=O)Oc2ccccc2)c(C(=O)NS(=O)Oc2ccccc2)cc1C. The molecule has 0 aliphatic heterocycles. The van der Waals surface area contributed by atoms with Gasteiger partial charge in [0.05, 0.1) is 11.1 Å². The van der Waals surface area contributed by atoms with Crippen molar-refractivity contribution in [2.45, 2.75) is 13.8 Å². The van der Waals surface area contributed by atoms with Gasteiger partial charge in [-0.25, -0.2) is 9.44 Å². The minimum Gasteiger partial charge on any atom is -0.385 e. The summed E-state index contributed by atoms with van der Waals surface area (Å²) in [5.74, 6) is -0.972. The average Bonchev–Trinajstić information content (AvgIpc) is 2.76. The van der Waals surface area contributed by atoms with Gasteiger partial charge in [0, 0.05) is 0 Å². The van der Waals surface area contributed by atoms with Crippen molar-refractivity contribution < 1.29 is 26.4 Å². The molecule has 32 heavy (non-hydrogen) atoms. The molecule has 0 aromatic heterocycles. The second-order valence-electron chi connectivity index (χ2n) is 6.61. The highest BCUT2D eigenvalue weighted by Gasteiger charge is 2.22. The highest BCUT2D eigenvalue weighted by atomic mass is 32.2. The van der Waals surface area contributed by atoms with Crippen molar-refractivity contribution in [3.05, 3.63) is 95.1 Å². The van der Waals surface area contributed by atoms with Crippen LogP contribution in [0.25, 0.3) is 0 Å². The molecular formula is C22H20N2O6S2. The molecule has 2 N–H and O–H groups in total. The van der Waals surface area contributed by atoms with Crippen LogP contribution in [0.1, 0.15) is 31.8 Å².